The van der Waals surface area contributed by atoms with Crippen molar-refractivity contribution >= 4 is 11.9 Å². The summed E-state index contributed by atoms with van der Waals surface area (Å²) in [5.74, 6) is -4.08. The van der Waals surface area contributed by atoms with E-state index >= 15 is 0 Å². The van der Waals surface area contributed by atoms with Crippen LogP contribution in [0.15, 0.2) is 0 Å². The van der Waals surface area contributed by atoms with E-state index in [1.807, 2.05) is 0 Å². The average Bonchev–Trinajstić information content (AvgIpc) is 2.74. The van der Waals surface area contributed by atoms with Crippen molar-refractivity contribution in [1.82, 2.24) is 5.32 Å². The fraction of sp³-hybridized carbons (Fsp3) is 0.833. The lowest BCUT2D eigenvalue weighted by molar-refractivity contribution is -0.122. The highest BCUT2D eigenvalue weighted by molar-refractivity contribution is 5.87. The zero-order valence-corrected chi connectivity index (χ0v) is 10.4. The lowest BCUT2D eigenvalue weighted by atomic mass is 9.90. The number of alkyl halides is 2. The maximum atomic E-state index is 13.1. The molecule has 6 heteroatoms. The van der Waals surface area contributed by atoms with Crippen LogP contribution in [-0.4, -0.2) is 31.0 Å². The highest BCUT2D eigenvalue weighted by Gasteiger charge is 2.72. The Kier molecular flexibility index (Phi) is 3.29. The molecule has 0 aromatic carbocycles. The molecule has 1 amide bonds. The zero-order valence-electron chi connectivity index (χ0n) is 10.4. The molecule has 0 aromatic heterocycles. The number of alkyl carbamates (subject to hydrolysis) is 1. The monoisotopic (exact) mass is 261 g/mol. The predicted octanol–water partition coefficient (Wildman–Crippen LogP) is 1.98. The Morgan fingerprint density at radius 2 is 1.94 bits per heavy atom. The summed E-state index contributed by atoms with van der Waals surface area (Å²) in [6.07, 6.45) is 0.196. The molecule has 2 aliphatic carbocycles. The summed E-state index contributed by atoms with van der Waals surface area (Å²) < 4.78 is 30.6. The molecule has 2 unspecified atom stereocenters. The van der Waals surface area contributed by atoms with Gasteiger partial charge in [-0.2, -0.15) is 0 Å². The summed E-state index contributed by atoms with van der Waals surface area (Å²) in [4.78, 5) is 23.0. The molecule has 2 rings (SSSR count). The minimum Gasteiger partial charge on any atom is -0.453 e. The third kappa shape index (κ3) is 2.08. The van der Waals surface area contributed by atoms with Gasteiger partial charge in [0.2, 0.25) is 0 Å². The number of halogens is 2. The molecule has 2 fully saturated rings. The molecular weight excluding hydrogens is 244 g/mol. The average molecular weight is 261 g/mol. The molecule has 102 valence electrons. The number of Topliss-reactive ketones (excluding diaryl/α,β-unsaturated/α-hetero) is 1. The first-order valence-corrected chi connectivity index (χ1v) is 6.16. The van der Waals surface area contributed by atoms with Crippen LogP contribution < -0.4 is 5.32 Å². The third-order valence-electron chi connectivity index (χ3n) is 4.10. The van der Waals surface area contributed by atoms with Gasteiger partial charge in [0, 0.05) is 18.3 Å². The standard InChI is InChI=1S/C12H17F2NO3/c1-3-9(16)10(15-11(17)18-2)6-4-7-8(5-6)12(7,13)14/h6-8,10H,3-5H2,1-2H3,(H,15,17)/t6?,7-,8+,10?. The van der Waals surface area contributed by atoms with Crippen LogP contribution in [-0.2, 0) is 9.53 Å². The molecule has 0 radical (unpaired) electrons. The van der Waals surface area contributed by atoms with Crippen molar-refractivity contribution in [2.45, 2.75) is 38.2 Å². The van der Waals surface area contributed by atoms with Crippen LogP contribution in [0.3, 0.4) is 0 Å². The van der Waals surface area contributed by atoms with Gasteiger partial charge in [0.1, 0.15) is 0 Å². The molecule has 0 saturated heterocycles. The number of methoxy groups -OCH3 is 1. The number of rotatable bonds is 4. The number of hydrogen-bond donors (Lipinski definition) is 1. The fourth-order valence-electron chi connectivity index (χ4n) is 2.99. The van der Waals surface area contributed by atoms with Crippen LogP contribution in [0.4, 0.5) is 13.6 Å². The van der Waals surface area contributed by atoms with Crippen LogP contribution >= 0.6 is 0 Å². The number of carbonyl (C=O) groups is 2. The van der Waals surface area contributed by atoms with Crippen molar-refractivity contribution in [3.8, 4) is 0 Å². The number of nitrogens with one attached hydrogen (secondary N) is 1. The van der Waals surface area contributed by atoms with E-state index in [1.165, 1.54) is 7.11 Å². The largest absolute Gasteiger partial charge is 0.453 e. The van der Waals surface area contributed by atoms with Gasteiger partial charge in [-0.1, -0.05) is 6.92 Å². The second-order valence-electron chi connectivity index (χ2n) is 5.05. The number of hydrogen-bond acceptors (Lipinski definition) is 3. The van der Waals surface area contributed by atoms with Crippen LogP contribution in [0.25, 0.3) is 0 Å². The molecular formula is C12H17F2NO3. The van der Waals surface area contributed by atoms with E-state index in [0.29, 0.717) is 12.8 Å². The first-order valence-electron chi connectivity index (χ1n) is 6.16. The summed E-state index contributed by atoms with van der Waals surface area (Å²) in [5.41, 5.74) is 0. The maximum Gasteiger partial charge on any atom is 0.407 e. The summed E-state index contributed by atoms with van der Waals surface area (Å²) in [5, 5.41) is 2.47. The van der Waals surface area contributed by atoms with Crippen LogP contribution in [0.5, 0.6) is 0 Å². The number of ether oxygens (including phenoxy) is 1. The molecule has 2 saturated carbocycles. The van der Waals surface area contributed by atoms with Gasteiger partial charge in [0.15, 0.2) is 5.78 Å². The van der Waals surface area contributed by atoms with Gasteiger partial charge in [0.05, 0.1) is 13.2 Å². The Bertz CT molecular complexity index is 358. The van der Waals surface area contributed by atoms with Crippen LogP contribution in [0.1, 0.15) is 26.2 Å². The Morgan fingerprint density at radius 3 is 2.39 bits per heavy atom. The summed E-state index contributed by atoms with van der Waals surface area (Å²) >= 11 is 0. The molecule has 4 atom stereocenters. The SMILES string of the molecule is CCC(=O)C(NC(=O)OC)C1C[C@@H]2[C@H](C1)C2(F)F. The van der Waals surface area contributed by atoms with Crippen molar-refractivity contribution < 1.29 is 23.1 Å². The lowest BCUT2D eigenvalue weighted by Gasteiger charge is -2.24. The van der Waals surface area contributed by atoms with Crippen molar-refractivity contribution in [1.29, 1.82) is 0 Å². The quantitative estimate of drug-likeness (QED) is 0.842. The van der Waals surface area contributed by atoms with Crippen molar-refractivity contribution in [2.24, 2.45) is 17.8 Å². The zero-order chi connectivity index (χ0) is 13.5. The van der Waals surface area contributed by atoms with Crippen molar-refractivity contribution in [2.75, 3.05) is 7.11 Å². The molecule has 0 aromatic rings. The van der Waals surface area contributed by atoms with Crippen LogP contribution in [0.2, 0.25) is 0 Å². The van der Waals surface area contributed by atoms with E-state index < -0.39 is 29.9 Å². The predicted molar refractivity (Wildman–Crippen MR) is 59.3 cm³/mol. The summed E-state index contributed by atoms with van der Waals surface area (Å²) in [6.45, 7) is 1.69. The topological polar surface area (TPSA) is 55.4 Å². The Morgan fingerprint density at radius 1 is 1.39 bits per heavy atom. The van der Waals surface area contributed by atoms with E-state index in [-0.39, 0.29) is 18.1 Å². The lowest BCUT2D eigenvalue weighted by Crippen LogP contribution is -2.45. The molecule has 4 nitrogen and oxygen atoms in total. The minimum absolute atomic E-state index is 0.130. The van der Waals surface area contributed by atoms with Gasteiger partial charge >= 0.3 is 6.09 Å². The van der Waals surface area contributed by atoms with E-state index in [9.17, 15) is 18.4 Å². The van der Waals surface area contributed by atoms with Crippen LogP contribution in [0, 0.1) is 17.8 Å². The van der Waals surface area contributed by atoms with Gasteiger partial charge in [-0.25, -0.2) is 13.6 Å². The van der Waals surface area contributed by atoms with E-state index in [2.05, 4.69) is 10.1 Å². The van der Waals surface area contributed by atoms with Gasteiger partial charge in [-0.15, -0.1) is 0 Å². The van der Waals surface area contributed by atoms with Gasteiger partial charge in [-0.3, -0.25) is 4.79 Å². The number of fused-ring (bicyclic) bond motifs is 1. The normalized spacial score (nSPS) is 33.4. The van der Waals surface area contributed by atoms with Crippen molar-refractivity contribution in [3.05, 3.63) is 0 Å². The Hall–Kier alpha value is -1.20. The number of carbonyl (C=O) groups excluding carboxylic acids is 2. The molecule has 0 aliphatic heterocycles. The first kappa shape index (κ1) is 13.2. The number of amides is 1. The second kappa shape index (κ2) is 4.48. The fourth-order valence-corrected chi connectivity index (χ4v) is 2.99. The van der Waals surface area contributed by atoms with Gasteiger partial charge < -0.3 is 10.1 Å². The second-order valence-corrected chi connectivity index (χ2v) is 5.05. The molecule has 0 spiro atoms. The molecule has 1 N–H and O–H groups in total. The van der Waals surface area contributed by atoms with Gasteiger partial charge in [0.25, 0.3) is 5.92 Å². The molecule has 18 heavy (non-hydrogen) atoms. The third-order valence-corrected chi connectivity index (χ3v) is 4.10. The maximum absolute atomic E-state index is 13.1. The highest BCUT2D eigenvalue weighted by atomic mass is 19.3. The first-order chi connectivity index (χ1) is 8.41. The minimum atomic E-state index is -2.55. The molecule has 0 heterocycles. The molecule has 0 bridgehead atoms. The Balaban J connectivity index is 1.99. The van der Waals surface area contributed by atoms with Crippen molar-refractivity contribution in [3.63, 3.8) is 0 Å². The van der Waals surface area contributed by atoms with E-state index in [0.717, 1.165) is 0 Å². The highest BCUT2D eigenvalue weighted by Crippen LogP contribution is 2.66. The van der Waals surface area contributed by atoms with E-state index in [1.54, 1.807) is 6.92 Å². The Labute approximate surface area is 104 Å². The van der Waals surface area contributed by atoms with Gasteiger partial charge in [-0.05, 0) is 18.8 Å². The van der Waals surface area contributed by atoms with E-state index in [4.69, 9.17) is 0 Å². The summed E-state index contributed by atoms with van der Waals surface area (Å²) in [7, 11) is 1.21. The summed E-state index contributed by atoms with van der Waals surface area (Å²) in [6, 6.07) is -0.689. The number of ketones is 1. The molecule has 2 aliphatic rings. The smallest absolute Gasteiger partial charge is 0.407 e.